The van der Waals surface area contributed by atoms with E-state index in [0.717, 1.165) is 24.1 Å². The second-order valence-electron chi connectivity index (χ2n) is 5.06. The lowest BCUT2D eigenvalue weighted by Gasteiger charge is -2.27. The number of hydrogen-bond donors (Lipinski definition) is 3. The summed E-state index contributed by atoms with van der Waals surface area (Å²) in [6.45, 7) is 1.97. The average Bonchev–Trinajstić information content (AvgIpc) is 2.97. The highest BCUT2D eigenvalue weighted by Gasteiger charge is 2.21. The third kappa shape index (κ3) is 3.94. The maximum absolute atomic E-state index is 12.1. The molecule has 2 heterocycles. The summed E-state index contributed by atoms with van der Waals surface area (Å²) in [6, 6.07) is 0.326. The molecule has 1 unspecified atom stereocenters. The monoisotopic (exact) mass is 316 g/mol. The molecule has 1 aromatic rings. The number of nitrogens with zero attached hydrogens (tertiary/aromatic N) is 3. The van der Waals surface area contributed by atoms with Crippen LogP contribution in [0.5, 0.6) is 0 Å². The molecule has 0 spiro atoms. The van der Waals surface area contributed by atoms with Crippen LogP contribution < -0.4 is 15.8 Å². The van der Waals surface area contributed by atoms with Gasteiger partial charge in [0.1, 0.15) is 5.02 Å². The van der Waals surface area contributed by atoms with Gasteiger partial charge in [-0.25, -0.2) is 4.68 Å². The maximum Gasteiger partial charge on any atom is 0.287 e. The van der Waals surface area contributed by atoms with Crippen LogP contribution in [-0.2, 0) is 6.54 Å². The number of hydrogen-bond acceptors (Lipinski definition) is 6. The first kappa shape index (κ1) is 16.2. The van der Waals surface area contributed by atoms with Gasteiger partial charge in [-0.1, -0.05) is 11.6 Å². The van der Waals surface area contributed by atoms with Crippen molar-refractivity contribution >= 4 is 17.3 Å². The van der Waals surface area contributed by atoms with Crippen molar-refractivity contribution in [1.29, 1.82) is 0 Å². The lowest BCUT2D eigenvalue weighted by Crippen LogP contribution is -2.40. The van der Waals surface area contributed by atoms with Crippen LogP contribution in [-0.4, -0.2) is 58.9 Å². The molecule has 118 valence electrons. The van der Waals surface area contributed by atoms with Crippen molar-refractivity contribution in [2.24, 2.45) is 0 Å². The van der Waals surface area contributed by atoms with Crippen LogP contribution in [0.1, 0.15) is 12.8 Å². The van der Waals surface area contributed by atoms with Gasteiger partial charge in [-0.05, 0) is 19.4 Å². The van der Waals surface area contributed by atoms with Crippen molar-refractivity contribution in [2.75, 3.05) is 37.7 Å². The van der Waals surface area contributed by atoms with E-state index in [1.807, 2.05) is 4.90 Å². The Kier molecular flexibility index (Phi) is 5.98. The van der Waals surface area contributed by atoms with E-state index in [0.29, 0.717) is 24.8 Å². The molecule has 1 saturated heterocycles. The van der Waals surface area contributed by atoms with Crippen LogP contribution >= 0.6 is 11.6 Å². The molecular formula is C13H21ClN4O3. The maximum atomic E-state index is 12.1. The Morgan fingerprint density at radius 1 is 1.48 bits per heavy atom. The zero-order valence-corrected chi connectivity index (χ0v) is 12.6. The van der Waals surface area contributed by atoms with E-state index in [1.165, 1.54) is 6.20 Å². The highest BCUT2D eigenvalue weighted by atomic mass is 35.5. The molecule has 0 saturated carbocycles. The topological polar surface area (TPSA) is 90.6 Å². The molecule has 1 aromatic heterocycles. The summed E-state index contributed by atoms with van der Waals surface area (Å²) in [7, 11) is 0. The first-order valence-electron chi connectivity index (χ1n) is 7.13. The number of rotatable bonds is 7. The van der Waals surface area contributed by atoms with Crippen LogP contribution in [0, 0.1) is 0 Å². The summed E-state index contributed by atoms with van der Waals surface area (Å²) < 4.78 is 1.14. The first-order chi connectivity index (χ1) is 10.2. The third-order valence-electron chi connectivity index (χ3n) is 3.59. The molecule has 1 aliphatic rings. The van der Waals surface area contributed by atoms with Gasteiger partial charge in [0.05, 0.1) is 31.6 Å². The average molecular weight is 317 g/mol. The molecule has 2 rings (SSSR count). The Hall–Kier alpha value is -1.15. The summed E-state index contributed by atoms with van der Waals surface area (Å²) in [6.07, 6.45) is 3.71. The van der Waals surface area contributed by atoms with Crippen molar-refractivity contribution in [3.8, 4) is 0 Å². The minimum absolute atomic E-state index is 0.0250. The SMILES string of the molecule is O=c1c(Cl)c(N(CCO)CC2CCCN2)cnn1CCO. The normalized spacial score (nSPS) is 18.1. The van der Waals surface area contributed by atoms with Crippen molar-refractivity contribution in [3.63, 3.8) is 0 Å². The largest absolute Gasteiger partial charge is 0.395 e. The predicted molar refractivity (Wildman–Crippen MR) is 80.9 cm³/mol. The minimum Gasteiger partial charge on any atom is -0.395 e. The van der Waals surface area contributed by atoms with Crippen LogP contribution in [0.25, 0.3) is 0 Å². The third-order valence-corrected chi connectivity index (χ3v) is 3.95. The highest BCUT2D eigenvalue weighted by Crippen LogP contribution is 2.22. The van der Waals surface area contributed by atoms with E-state index in [-0.39, 0.29) is 24.8 Å². The first-order valence-corrected chi connectivity index (χ1v) is 7.51. The molecule has 1 fully saturated rings. The van der Waals surface area contributed by atoms with Gasteiger partial charge in [-0.3, -0.25) is 4.79 Å². The number of halogens is 1. The van der Waals surface area contributed by atoms with E-state index < -0.39 is 5.56 Å². The molecule has 1 atom stereocenters. The number of aliphatic hydroxyl groups is 2. The van der Waals surface area contributed by atoms with Crippen molar-refractivity contribution in [2.45, 2.75) is 25.4 Å². The van der Waals surface area contributed by atoms with Gasteiger partial charge >= 0.3 is 0 Å². The molecule has 3 N–H and O–H groups in total. The van der Waals surface area contributed by atoms with Gasteiger partial charge in [0.25, 0.3) is 5.56 Å². The molecular weight excluding hydrogens is 296 g/mol. The zero-order valence-electron chi connectivity index (χ0n) is 11.8. The quantitative estimate of drug-likeness (QED) is 0.625. The number of anilines is 1. The van der Waals surface area contributed by atoms with E-state index in [2.05, 4.69) is 10.4 Å². The van der Waals surface area contributed by atoms with Crippen LogP contribution in [0.4, 0.5) is 5.69 Å². The van der Waals surface area contributed by atoms with Gasteiger partial charge in [0, 0.05) is 19.1 Å². The molecule has 1 aliphatic heterocycles. The van der Waals surface area contributed by atoms with Crippen molar-refractivity contribution in [3.05, 3.63) is 21.6 Å². The zero-order chi connectivity index (χ0) is 15.2. The Bertz CT molecular complexity index is 517. The number of nitrogens with one attached hydrogen (secondary N) is 1. The molecule has 7 nitrogen and oxygen atoms in total. The summed E-state index contributed by atoms with van der Waals surface area (Å²) in [5.74, 6) is 0. The van der Waals surface area contributed by atoms with Crippen molar-refractivity contribution < 1.29 is 10.2 Å². The fourth-order valence-electron chi connectivity index (χ4n) is 2.54. The van der Waals surface area contributed by atoms with Crippen LogP contribution in [0.2, 0.25) is 5.02 Å². The Morgan fingerprint density at radius 2 is 2.29 bits per heavy atom. The molecule has 0 bridgehead atoms. The lowest BCUT2D eigenvalue weighted by molar-refractivity contribution is 0.266. The summed E-state index contributed by atoms with van der Waals surface area (Å²) in [5.41, 5.74) is 0.101. The minimum atomic E-state index is -0.425. The molecule has 0 aromatic carbocycles. The van der Waals surface area contributed by atoms with Crippen molar-refractivity contribution in [1.82, 2.24) is 15.1 Å². The van der Waals surface area contributed by atoms with E-state index >= 15 is 0 Å². The van der Waals surface area contributed by atoms with E-state index in [4.69, 9.17) is 16.7 Å². The number of aromatic nitrogens is 2. The Morgan fingerprint density at radius 3 is 2.90 bits per heavy atom. The Balaban J connectivity index is 2.22. The lowest BCUT2D eigenvalue weighted by atomic mass is 10.2. The van der Waals surface area contributed by atoms with Crippen LogP contribution in [0.3, 0.4) is 0 Å². The van der Waals surface area contributed by atoms with Gasteiger partial charge in [0.15, 0.2) is 0 Å². The van der Waals surface area contributed by atoms with Crippen LogP contribution in [0.15, 0.2) is 11.0 Å². The highest BCUT2D eigenvalue weighted by molar-refractivity contribution is 6.33. The van der Waals surface area contributed by atoms with E-state index in [9.17, 15) is 9.90 Å². The van der Waals surface area contributed by atoms with Gasteiger partial charge in [-0.2, -0.15) is 5.10 Å². The second-order valence-corrected chi connectivity index (χ2v) is 5.44. The molecule has 0 aliphatic carbocycles. The van der Waals surface area contributed by atoms with Gasteiger partial charge in [0.2, 0.25) is 0 Å². The summed E-state index contributed by atoms with van der Waals surface area (Å²) in [5, 5.41) is 25.6. The molecule has 8 heteroatoms. The fraction of sp³-hybridized carbons (Fsp3) is 0.692. The Labute approximate surface area is 128 Å². The second kappa shape index (κ2) is 7.74. The number of aliphatic hydroxyl groups excluding tert-OH is 2. The molecule has 21 heavy (non-hydrogen) atoms. The molecule has 0 amide bonds. The predicted octanol–water partition coefficient (Wildman–Crippen LogP) is -0.560. The van der Waals surface area contributed by atoms with Gasteiger partial charge < -0.3 is 20.4 Å². The van der Waals surface area contributed by atoms with E-state index in [1.54, 1.807) is 0 Å². The smallest absolute Gasteiger partial charge is 0.287 e. The summed E-state index contributed by atoms with van der Waals surface area (Å²) in [4.78, 5) is 14.0. The van der Waals surface area contributed by atoms with Gasteiger partial charge in [-0.15, -0.1) is 0 Å². The summed E-state index contributed by atoms with van der Waals surface area (Å²) >= 11 is 6.15. The standard InChI is InChI=1S/C13H21ClN4O3/c14-12-11(8-16-18(5-7-20)13(12)21)17(4-6-19)9-10-2-1-3-15-10/h8,10,15,19-20H,1-7,9H2. The molecule has 0 radical (unpaired) electrons. The fourth-order valence-corrected chi connectivity index (χ4v) is 2.81.